The molecule has 168 valence electrons. The SMILES string of the molecule is CCN1CCN(C(C)CNC(=NC)NCc2ccc(C)cc2OC2CCOC2)CC1. The second-order valence-electron chi connectivity index (χ2n) is 8.34. The maximum absolute atomic E-state index is 6.21. The zero-order valence-electron chi connectivity index (χ0n) is 19.1. The molecule has 0 bridgehead atoms. The number of benzene rings is 1. The molecule has 2 aliphatic heterocycles. The summed E-state index contributed by atoms with van der Waals surface area (Å²) < 4.78 is 11.7. The number of hydrogen-bond acceptors (Lipinski definition) is 5. The number of likely N-dealkylation sites (N-methyl/N-ethyl adjacent to an activating group) is 1. The largest absolute Gasteiger partial charge is 0.488 e. The van der Waals surface area contributed by atoms with E-state index in [1.54, 1.807) is 0 Å². The highest BCUT2D eigenvalue weighted by Gasteiger charge is 2.21. The molecule has 7 nitrogen and oxygen atoms in total. The van der Waals surface area contributed by atoms with Crippen molar-refractivity contribution < 1.29 is 9.47 Å². The summed E-state index contributed by atoms with van der Waals surface area (Å²) in [5, 5.41) is 6.93. The lowest BCUT2D eigenvalue weighted by Gasteiger charge is -2.37. The van der Waals surface area contributed by atoms with Gasteiger partial charge >= 0.3 is 0 Å². The van der Waals surface area contributed by atoms with Gasteiger partial charge in [0.1, 0.15) is 11.9 Å². The van der Waals surface area contributed by atoms with E-state index in [1.807, 2.05) is 7.05 Å². The Morgan fingerprint density at radius 2 is 2.07 bits per heavy atom. The zero-order chi connectivity index (χ0) is 21.3. The molecule has 7 heteroatoms. The van der Waals surface area contributed by atoms with Gasteiger partial charge in [0.05, 0.1) is 13.2 Å². The highest BCUT2D eigenvalue weighted by Crippen LogP contribution is 2.23. The van der Waals surface area contributed by atoms with Crippen molar-refractivity contribution in [1.29, 1.82) is 0 Å². The quantitative estimate of drug-likeness (QED) is 0.497. The van der Waals surface area contributed by atoms with Crippen molar-refractivity contribution in [2.24, 2.45) is 4.99 Å². The Hall–Kier alpha value is -1.83. The third-order valence-electron chi connectivity index (χ3n) is 6.12. The van der Waals surface area contributed by atoms with Gasteiger partial charge in [-0.2, -0.15) is 0 Å². The van der Waals surface area contributed by atoms with Gasteiger partial charge in [0.25, 0.3) is 0 Å². The molecule has 0 aromatic heterocycles. The van der Waals surface area contributed by atoms with Gasteiger partial charge in [0.15, 0.2) is 5.96 Å². The molecule has 2 unspecified atom stereocenters. The topological polar surface area (TPSA) is 61.4 Å². The van der Waals surface area contributed by atoms with E-state index in [4.69, 9.17) is 9.47 Å². The smallest absolute Gasteiger partial charge is 0.191 e. The number of nitrogens with one attached hydrogen (secondary N) is 2. The van der Waals surface area contributed by atoms with Crippen molar-refractivity contribution in [2.45, 2.75) is 45.9 Å². The molecule has 1 aromatic rings. The molecule has 0 radical (unpaired) electrons. The summed E-state index contributed by atoms with van der Waals surface area (Å²) in [5.41, 5.74) is 2.34. The van der Waals surface area contributed by atoms with Gasteiger partial charge in [0.2, 0.25) is 0 Å². The summed E-state index contributed by atoms with van der Waals surface area (Å²) >= 11 is 0. The first-order chi connectivity index (χ1) is 14.6. The molecular formula is C23H39N5O2. The molecule has 0 spiro atoms. The zero-order valence-corrected chi connectivity index (χ0v) is 19.1. The first-order valence-electron chi connectivity index (χ1n) is 11.3. The fraction of sp³-hybridized carbons (Fsp3) is 0.696. The molecule has 30 heavy (non-hydrogen) atoms. The summed E-state index contributed by atoms with van der Waals surface area (Å²) in [6, 6.07) is 6.85. The molecule has 2 heterocycles. The van der Waals surface area contributed by atoms with Crippen LogP contribution >= 0.6 is 0 Å². The van der Waals surface area contributed by atoms with Crippen LogP contribution < -0.4 is 15.4 Å². The minimum Gasteiger partial charge on any atom is -0.488 e. The van der Waals surface area contributed by atoms with Crippen LogP contribution in [0.25, 0.3) is 0 Å². The van der Waals surface area contributed by atoms with Crippen LogP contribution in [0.3, 0.4) is 0 Å². The molecule has 3 rings (SSSR count). The molecule has 2 aliphatic rings. The minimum absolute atomic E-state index is 0.150. The third-order valence-corrected chi connectivity index (χ3v) is 6.12. The van der Waals surface area contributed by atoms with Crippen LogP contribution in [0.4, 0.5) is 0 Å². The van der Waals surface area contributed by atoms with Gasteiger partial charge in [0, 0.05) is 64.3 Å². The van der Waals surface area contributed by atoms with Gasteiger partial charge in [-0.15, -0.1) is 0 Å². The van der Waals surface area contributed by atoms with Gasteiger partial charge < -0.3 is 25.0 Å². The Bertz CT molecular complexity index is 682. The molecular weight excluding hydrogens is 378 g/mol. The van der Waals surface area contributed by atoms with Crippen molar-refractivity contribution in [3.05, 3.63) is 29.3 Å². The Balaban J connectivity index is 1.48. The molecule has 2 atom stereocenters. The van der Waals surface area contributed by atoms with E-state index in [1.165, 1.54) is 5.56 Å². The number of ether oxygens (including phenoxy) is 2. The fourth-order valence-corrected chi connectivity index (χ4v) is 4.00. The van der Waals surface area contributed by atoms with Crippen molar-refractivity contribution in [1.82, 2.24) is 20.4 Å². The number of rotatable bonds is 8. The van der Waals surface area contributed by atoms with Crippen LogP contribution in [0.2, 0.25) is 0 Å². The number of aliphatic imine (C=N–C) groups is 1. The third kappa shape index (κ3) is 6.59. The lowest BCUT2D eigenvalue weighted by atomic mass is 10.1. The number of aryl methyl sites for hydroxylation is 1. The highest BCUT2D eigenvalue weighted by atomic mass is 16.5. The van der Waals surface area contributed by atoms with Gasteiger partial charge in [-0.1, -0.05) is 19.1 Å². The molecule has 2 fully saturated rings. The maximum atomic E-state index is 6.21. The second kappa shape index (κ2) is 11.5. The summed E-state index contributed by atoms with van der Waals surface area (Å²) in [4.78, 5) is 9.47. The van der Waals surface area contributed by atoms with E-state index in [2.05, 4.69) is 64.4 Å². The van der Waals surface area contributed by atoms with E-state index in [-0.39, 0.29) is 6.10 Å². The van der Waals surface area contributed by atoms with Crippen molar-refractivity contribution in [3.63, 3.8) is 0 Å². The van der Waals surface area contributed by atoms with Crippen molar-refractivity contribution >= 4 is 5.96 Å². The Kier molecular flexibility index (Phi) is 8.78. The molecule has 0 aliphatic carbocycles. The summed E-state index contributed by atoms with van der Waals surface area (Å²) in [5.74, 6) is 1.76. The van der Waals surface area contributed by atoms with Crippen LogP contribution in [-0.2, 0) is 11.3 Å². The average Bonchev–Trinajstić information content (AvgIpc) is 3.28. The predicted octanol–water partition coefficient (Wildman–Crippen LogP) is 1.85. The summed E-state index contributed by atoms with van der Waals surface area (Å²) in [6.07, 6.45) is 1.10. The number of guanidine groups is 1. The van der Waals surface area contributed by atoms with Crippen molar-refractivity contribution in [2.75, 3.05) is 59.5 Å². The van der Waals surface area contributed by atoms with Crippen LogP contribution in [0.5, 0.6) is 5.75 Å². The summed E-state index contributed by atoms with van der Waals surface area (Å²) in [6.45, 7) is 15.4. The van der Waals surface area contributed by atoms with E-state index >= 15 is 0 Å². The predicted molar refractivity (Wildman–Crippen MR) is 122 cm³/mol. The number of piperazine rings is 1. The van der Waals surface area contributed by atoms with Gasteiger partial charge in [-0.05, 0) is 32.0 Å². The molecule has 0 amide bonds. The van der Waals surface area contributed by atoms with Crippen LogP contribution in [0.1, 0.15) is 31.4 Å². The Morgan fingerprint density at radius 3 is 2.73 bits per heavy atom. The normalized spacial score (nSPS) is 22.1. The Labute approximate surface area is 181 Å². The molecule has 0 saturated carbocycles. The number of hydrogen-bond donors (Lipinski definition) is 2. The van der Waals surface area contributed by atoms with E-state index in [9.17, 15) is 0 Å². The van der Waals surface area contributed by atoms with E-state index in [0.717, 1.165) is 69.6 Å². The first kappa shape index (κ1) is 22.8. The van der Waals surface area contributed by atoms with Crippen LogP contribution in [0.15, 0.2) is 23.2 Å². The standard InChI is InChI=1S/C23H39N5O2/c1-5-27-9-11-28(12-10-27)19(3)15-25-23(24-4)26-16-20-7-6-18(2)14-22(20)30-21-8-13-29-17-21/h6-7,14,19,21H,5,8-13,15-17H2,1-4H3,(H2,24,25,26). The second-order valence-corrected chi connectivity index (χ2v) is 8.34. The molecule has 1 aromatic carbocycles. The minimum atomic E-state index is 0.150. The first-order valence-corrected chi connectivity index (χ1v) is 11.3. The highest BCUT2D eigenvalue weighted by molar-refractivity contribution is 5.79. The maximum Gasteiger partial charge on any atom is 0.191 e. The lowest BCUT2D eigenvalue weighted by Crippen LogP contribution is -2.53. The van der Waals surface area contributed by atoms with Gasteiger partial charge in [-0.3, -0.25) is 9.89 Å². The van der Waals surface area contributed by atoms with Crippen LogP contribution in [-0.4, -0.2) is 87.4 Å². The summed E-state index contributed by atoms with van der Waals surface area (Å²) in [7, 11) is 1.82. The van der Waals surface area contributed by atoms with E-state index in [0.29, 0.717) is 19.2 Å². The molecule has 2 N–H and O–H groups in total. The Morgan fingerprint density at radius 1 is 1.27 bits per heavy atom. The fourth-order valence-electron chi connectivity index (χ4n) is 4.00. The number of nitrogens with zero attached hydrogens (tertiary/aromatic N) is 3. The average molecular weight is 418 g/mol. The van der Waals surface area contributed by atoms with E-state index < -0.39 is 0 Å². The van der Waals surface area contributed by atoms with Crippen molar-refractivity contribution in [3.8, 4) is 5.75 Å². The monoisotopic (exact) mass is 417 g/mol. The lowest BCUT2D eigenvalue weighted by molar-refractivity contribution is 0.107. The van der Waals surface area contributed by atoms with Gasteiger partial charge in [-0.25, -0.2) is 0 Å². The molecule has 2 saturated heterocycles. The van der Waals surface area contributed by atoms with Crippen LogP contribution in [0, 0.1) is 6.92 Å².